The number of halogens is 1. The average Bonchev–Trinajstić information content (AvgIpc) is 3.10. The molecule has 0 bridgehead atoms. The van der Waals surface area contributed by atoms with Crippen molar-refractivity contribution in [2.75, 3.05) is 26.2 Å². The number of likely N-dealkylation sites (tertiary alicyclic amines) is 1. The lowest BCUT2D eigenvalue weighted by molar-refractivity contribution is 0.242. The van der Waals surface area contributed by atoms with Gasteiger partial charge in [-0.15, -0.1) is 24.0 Å². The summed E-state index contributed by atoms with van der Waals surface area (Å²) in [6.07, 6.45) is 3.84. The van der Waals surface area contributed by atoms with E-state index in [9.17, 15) is 0 Å². The van der Waals surface area contributed by atoms with Gasteiger partial charge in [0.1, 0.15) is 0 Å². The Hall–Kier alpha value is -0.820. The van der Waals surface area contributed by atoms with Crippen LogP contribution in [0.4, 0.5) is 0 Å². The monoisotopic (exact) mass is 444 g/mol. The van der Waals surface area contributed by atoms with Crippen LogP contribution >= 0.6 is 24.0 Å². The highest BCUT2D eigenvalue weighted by Crippen LogP contribution is 2.14. The summed E-state index contributed by atoms with van der Waals surface area (Å²) in [5.41, 5.74) is 1.28. The number of benzene rings is 1. The van der Waals surface area contributed by atoms with E-state index in [0.717, 1.165) is 25.5 Å². The van der Waals surface area contributed by atoms with Crippen molar-refractivity contribution in [1.29, 1.82) is 0 Å². The average molecular weight is 444 g/mol. The standard InChI is InChI=1S/C19H32N4.HI/c1-4-18(23-13-9-10-14-23)15-21-19(20-5-2)22-16(3)17-11-7-6-8-12-17;/h6-8,11-12,16,18H,4-5,9-10,13-15H2,1-3H3,(H2,20,21,22);1H. The lowest BCUT2D eigenvalue weighted by Crippen LogP contribution is -2.41. The molecule has 0 spiro atoms. The van der Waals surface area contributed by atoms with Gasteiger partial charge >= 0.3 is 0 Å². The molecule has 4 nitrogen and oxygen atoms in total. The van der Waals surface area contributed by atoms with Gasteiger partial charge in [0, 0.05) is 12.6 Å². The molecule has 1 aliphatic rings. The molecular weight excluding hydrogens is 411 g/mol. The zero-order chi connectivity index (χ0) is 16.5. The molecule has 2 unspecified atom stereocenters. The van der Waals surface area contributed by atoms with Crippen LogP contribution in [0.1, 0.15) is 51.6 Å². The number of guanidine groups is 1. The molecule has 0 saturated carbocycles. The maximum Gasteiger partial charge on any atom is 0.191 e. The topological polar surface area (TPSA) is 39.7 Å². The Kier molecular flexibility index (Phi) is 10.3. The van der Waals surface area contributed by atoms with Crippen molar-refractivity contribution < 1.29 is 0 Å². The molecule has 1 heterocycles. The van der Waals surface area contributed by atoms with Crippen LogP contribution in [0, 0.1) is 0 Å². The quantitative estimate of drug-likeness (QED) is 0.382. The van der Waals surface area contributed by atoms with Crippen molar-refractivity contribution in [2.24, 2.45) is 4.99 Å². The minimum absolute atomic E-state index is 0. The minimum atomic E-state index is 0. The van der Waals surface area contributed by atoms with Gasteiger partial charge < -0.3 is 10.6 Å². The summed E-state index contributed by atoms with van der Waals surface area (Å²) in [5, 5.41) is 6.90. The van der Waals surface area contributed by atoms with E-state index in [1.807, 2.05) is 0 Å². The fourth-order valence-electron chi connectivity index (χ4n) is 3.16. The Morgan fingerprint density at radius 1 is 1.17 bits per heavy atom. The zero-order valence-corrected chi connectivity index (χ0v) is 17.6. The van der Waals surface area contributed by atoms with Crippen molar-refractivity contribution in [2.45, 2.75) is 52.1 Å². The van der Waals surface area contributed by atoms with E-state index < -0.39 is 0 Å². The summed E-state index contributed by atoms with van der Waals surface area (Å²) in [4.78, 5) is 7.44. The van der Waals surface area contributed by atoms with Gasteiger partial charge in [-0.25, -0.2) is 0 Å². The molecule has 1 fully saturated rings. The summed E-state index contributed by atoms with van der Waals surface area (Å²) in [5.74, 6) is 0.918. The minimum Gasteiger partial charge on any atom is -0.357 e. The summed E-state index contributed by atoms with van der Waals surface area (Å²) in [6, 6.07) is 11.3. The highest BCUT2D eigenvalue weighted by atomic mass is 127. The molecule has 136 valence electrons. The first kappa shape index (κ1) is 21.2. The summed E-state index contributed by atoms with van der Waals surface area (Å²) in [7, 11) is 0. The number of hydrogen-bond acceptors (Lipinski definition) is 2. The molecular formula is C19H33IN4. The van der Waals surface area contributed by atoms with Crippen LogP contribution in [-0.2, 0) is 0 Å². The van der Waals surface area contributed by atoms with Gasteiger partial charge in [-0.3, -0.25) is 9.89 Å². The van der Waals surface area contributed by atoms with Gasteiger partial charge in [0.25, 0.3) is 0 Å². The fraction of sp³-hybridized carbons (Fsp3) is 0.632. The normalized spacial score (nSPS) is 17.9. The molecule has 0 aromatic heterocycles. The first-order valence-electron chi connectivity index (χ1n) is 9.08. The smallest absolute Gasteiger partial charge is 0.191 e. The molecule has 1 saturated heterocycles. The van der Waals surface area contributed by atoms with Gasteiger partial charge in [0.15, 0.2) is 5.96 Å². The molecule has 0 radical (unpaired) electrons. The molecule has 2 N–H and O–H groups in total. The van der Waals surface area contributed by atoms with Crippen LogP contribution in [0.3, 0.4) is 0 Å². The molecule has 2 atom stereocenters. The molecule has 1 aromatic carbocycles. The van der Waals surface area contributed by atoms with Crippen LogP contribution in [0.15, 0.2) is 35.3 Å². The predicted molar refractivity (Wildman–Crippen MR) is 114 cm³/mol. The van der Waals surface area contributed by atoms with Gasteiger partial charge in [-0.1, -0.05) is 37.3 Å². The number of nitrogens with zero attached hydrogens (tertiary/aromatic N) is 2. The van der Waals surface area contributed by atoms with E-state index in [4.69, 9.17) is 4.99 Å². The van der Waals surface area contributed by atoms with Crippen LogP contribution in [-0.4, -0.2) is 43.1 Å². The maximum atomic E-state index is 4.85. The Bertz CT molecular complexity index is 472. The second-order valence-electron chi connectivity index (χ2n) is 6.30. The van der Waals surface area contributed by atoms with Crippen LogP contribution in [0.25, 0.3) is 0 Å². The number of nitrogens with one attached hydrogen (secondary N) is 2. The van der Waals surface area contributed by atoms with Gasteiger partial charge in [0.05, 0.1) is 12.6 Å². The maximum absolute atomic E-state index is 4.85. The third-order valence-corrected chi connectivity index (χ3v) is 4.59. The van der Waals surface area contributed by atoms with E-state index in [1.165, 1.54) is 31.5 Å². The summed E-state index contributed by atoms with van der Waals surface area (Å²) in [6.45, 7) is 10.8. The van der Waals surface area contributed by atoms with E-state index in [0.29, 0.717) is 6.04 Å². The van der Waals surface area contributed by atoms with Crippen molar-refractivity contribution in [3.63, 3.8) is 0 Å². The first-order chi connectivity index (χ1) is 11.2. The number of hydrogen-bond donors (Lipinski definition) is 2. The Balaban J connectivity index is 0.00000288. The molecule has 1 aromatic rings. The van der Waals surface area contributed by atoms with Crippen molar-refractivity contribution in [3.8, 4) is 0 Å². The van der Waals surface area contributed by atoms with Crippen LogP contribution < -0.4 is 10.6 Å². The Labute approximate surface area is 164 Å². The van der Waals surface area contributed by atoms with Crippen molar-refractivity contribution in [1.82, 2.24) is 15.5 Å². The third-order valence-electron chi connectivity index (χ3n) is 4.59. The predicted octanol–water partition coefficient (Wildman–Crippen LogP) is 3.80. The number of aliphatic imine (C=N–C) groups is 1. The van der Waals surface area contributed by atoms with E-state index >= 15 is 0 Å². The number of rotatable bonds is 7. The van der Waals surface area contributed by atoms with Crippen LogP contribution in [0.5, 0.6) is 0 Å². The zero-order valence-electron chi connectivity index (χ0n) is 15.3. The molecule has 2 rings (SSSR count). The van der Waals surface area contributed by atoms with Gasteiger partial charge in [-0.2, -0.15) is 0 Å². The van der Waals surface area contributed by atoms with E-state index in [-0.39, 0.29) is 30.0 Å². The molecule has 5 heteroatoms. The highest BCUT2D eigenvalue weighted by molar-refractivity contribution is 14.0. The summed E-state index contributed by atoms with van der Waals surface area (Å²) >= 11 is 0. The second-order valence-corrected chi connectivity index (χ2v) is 6.30. The van der Waals surface area contributed by atoms with Gasteiger partial charge in [0.2, 0.25) is 0 Å². The largest absolute Gasteiger partial charge is 0.357 e. The summed E-state index contributed by atoms with van der Waals surface area (Å²) < 4.78 is 0. The Morgan fingerprint density at radius 3 is 2.42 bits per heavy atom. The van der Waals surface area contributed by atoms with E-state index in [2.05, 4.69) is 66.6 Å². The SMILES string of the molecule is CCNC(=NCC(CC)N1CCCC1)NC(C)c1ccccc1.I. The first-order valence-corrected chi connectivity index (χ1v) is 9.08. The van der Waals surface area contributed by atoms with Crippen molar-refractivity contribution >= 4 is 29.9 Å². The molecule has 24 heavy (non-hydrogen) atoms. The highest BCUT2D eigenvalue weighted by Gasteiger charge is 2.20. The third kappa shape index (κ3) is 6.59. The molecule has 0 aliphatic carbocycles. The lowest BCUT2D eigenvalue weighted by atomic mass is 10.1. The molecule has 0 amide bonds. The van der Waals surface area contributed by atoms with Crippen LogP contribution in [0.2, 0.25) is 0 Å². The van der Waals surface area contributed by atoms with E-state index in [1.54, 1.807) is 0 Å². The van der Waals surface area contributed by atoms with Crippen molar-refractivity contribution in [3.05, 3.63) is 35.9 Å². The Morgan fingerprint density at radius 2 is 1.83 bits per heavy atom. The lowest BCUT2D eigenvalue weighted by Gasteiger charge is -2.25. The second kappa shape index (κ2) is 11.7. The fourth-order valence-corrected chi connectivity index (χ4v) is 3.16. The van der Waals surface area contributed by atoms with Gasteiger partial charge in [-0.05, 0) is 51.8 Å². The molecule has 1 aliphatic heterocycles.